The highest BCUT2D eigenvalue weighted by molar-refractivity contribution is 14.0. The van der Waals surface area contributed by atoms with Crippen molar-refractivity contribution < 1.29 is 14.3 Å². The second-order valence-electron chi connectivity index (χ2n) is 7.21. The minimum Gasteiger partial charge on any atom is -0.492 e. The van der Waals surface area contributed by atoms with Crippen molar-refractivity contribution in [1.29, 1.82) is 0 Å². The molecule has 1 aliphatic rings. The van der Waals surface area contributed by atoms with Gasteiger partial charge < -0.3 is 24.6 Å². The molecule has 0 radical (unpaired) electrons. The number of hydrogen-bond donors (Lipinski definition) is 1. The summed E-state index contributed by atoms with van der Waals surface area (Å²) >= 11 is 0. The van der Waals surface area contributed by atoms with E-state index in [9.17, 15) is 4.79 Å². The van der Waals surface area contributed by atoms with Gasteiger partial charge in [-0.25, -0.2) is 0 Å². The molecule has 0 saturated carbocycles. The highest BCUT2D eigenvalue weighted by Crippen LogP contribution is 2.31. The summed E-state index contributed by atoms with van der Waals surface area (Å²) in [4.78, 5) is 20.4. The Morgan fingerprint density at radius 3 is 2.71 bits per heavy atom. The number of carbonyl (C=O) groups is 1. The number of anilines is 1. The van der Waals surface area contributed by atoms with Crippen LogP contribution in [0.25, 0.3) is 0 Å². The first-order chi connectivity index (χ1) is 14.6. The van der Waals surface area contributed by atoms with E-state index in [-0.39, 0.29) is 36.5 Å². The largest absolute Gasteiger partial charge is 0.492 e. The molecular weight excluding hydrogens is 507 g/mol. The summed E-state index contributed by atoms with van der Waals surface area (Å²) in [7, 11) is 3.75. The van der Waals surface area contributed by atoms with Crippen molar-refractivity contribution in [3.05, 3.63) is 54.1 Å². The number of carbonyl (C=O) groups excluding carboxylic acids is 1. The highest BCUT2D eigenvalue weighted by atomic mass is 127. The number of halogens is 1. The smallest absolute Gasteiger partial charge is 0.265 e. The third-order valence-electron chi connectivity index (χ3n) is 4.94. The molecule has 7 nitrogen and oxygen atoms in total. The van der Waals surface area contributed by atoms with Crippen LogP contribution in [0.5, 0.6) is 11.5 Å². The Morgan fingerprint density at radius 1 is 1.23 bits per heavy atom. The SMILES string of the molecule is CN=C(NCCCN1C(=O)COc2ccccc21)N(C)CCOc1ccc(C)cc1.I. The van der Waals surface area contributed by atoms with Crippen LogP contribution in [0.15, 0.2) is 53.5 Å². The molecule has 3 rings (SSSR count). The standard InChI is InChI=1S/C23H30N4O3.HI/c1-18-9-11-19(12-10-18)29-16-15-26(3)23(24-2)25-13-6-14-27-20-7-4-5-8-21(20)30-17-22(27)28;/h4-5,7-12H,6,13-17H2,1-3H3,(H,24,25);1H. The van der Waals surface area contributed by atoms with Crippen molar-refractivity contribution in [3.8, 4) is 11.5 Å². The molecule has 8 heteroatoms. The molecule has 1 heterocycles. The second-order valence-corrected chi connectivity index (χ2v) is 7.21. The Bertz CT molecular complexity index is 873. The summed E-state index contributed by atoms with van der Waals surface area (Å²) in [6, 6.07) is 15.7. The highest BCUT2D eigenvalue weighted by Gasteiger charge is 2.24. The van der Waals surface area contributed by atoms with Crippen LogP contribution in [0.2, 0.25) is 0 Å². The zero-order valence-corrected chi connectivity index (χ0v) is 20.7. The molecule has 0 atom stereocenters. The van der Waals surface area contributed by atoms with Crippen LogP contribution in [0, 0.1) is 6.92 Å². The van der Waals surface area contributed by atoms with Crippen molar-refractivity contribution in [1.82, 2.24) is 10.2 Å². The van der Waals surface area contributed by atoms with Crippen molar-refractivity contribution in [3.63, 3.8) is 0 Å². The summed E-state index contributed by atoms with van der Waals surface area (Å²) in [6.07, 6.45) is 0.798. The van der Waals surface area contributed by atoms with Gasteiger partial charge in [0, 0.05) is 27.2 Å². The lowest BCUT2D eigenvalue weighted by molar-refractivity contribution is -0.121. The summed E-state index contributed by atoms with van der Waals surface area (Å²) in [5.74, 6) is 2.42. The number of benzene rings is 2. The molecule has 0 aromatic heterocycles. The zero-order chi connectivity index (χ0) is 21.3. The molecule has 1 amide bonds. The fourth-order valence-corrected chi connectivity index (χ4v) is 3.26. The molecule has 0 saturated heterocycles. The van der Waals surface area contributed by atoms with Crippen LogP contribution < -0.4 is 19.7 Å². The van der Waals surface area contributed by atoms with Crippen molar-refractivity contribution in [2.75, 3.05) is 51.8 Å². The van der Waals surface area contributed by atoms with Gasteiger partial charge >= 0.3 is 0 Å². The van der Waals surface area contributed by atoms with Gasteiger partial charge in [-0.15, -0.1) is 24.0 Å². The predicted octanol–water partition coefficient (Wildman–Crippen LogP) is 3.31. The summed E-state index contributed by atoms with van der Waals surface area (Å²) in [5, 5.41) is 3.35. The molecule has 0 aliphatic carbocycles. The first-order valence-corrected chi connectivity index (χ1v) is 10.2. The minimum atomic E-state index is -0.0107. The first-order valence-electron chi connectivity index (χ1n) is 10.2. The van der Waals surface area contributed by atoms with Gasteiger partial charge in [0.25, 0.3) is 5.91 Å². The van der Waals surface area contributed by atoms with E-state index in [0.29, 0.717) is 26.2 Å². The molecule has 2 aromatic rings. The molecule has 31 heavy (non-hydrogen) atoms. The number of aliphatic imine (C=N–C) groups is 1. The lowest BCUT2D eigenvalue weighted by Gasteiger charge is -2.29. The first kappa shape index (κ1) is 24.8. The number of rotatable bonds is 8. The number of ether oxygens (including phenoxy) is 2. The Labute approximate surface area is 201 Å². The van der Waals surface area contributed by atoms with E-state index >= 15 is 0 Å². The molecular formula is C23H31IN4O3. The summed E-state index contributed by atoms with van der Waals surface area (Å²) < 4.78 is 11.3. The van der Waals surface area contributed by atoms with E-state index in [1.165, 1.54) is 5.56 Å². The van der Waals surface area contributed by atoms with Gasteiger partial charge in [0.2, 0.25) is 0 Å². The number of aryl methyl sites for hydroxylation is 1. The van der Waals surface area contributed by atoms with Gasteiger partial charge in [0.1, 0.15) is 18.1 Å². The van der Waals surface area contributed by atoms with Crippen LogP contribution in [-0.2, 0) is 4.79 Å². The average molecular weight is 538 g/mol. The lowest BCUT2D eigenvalue weighted by atomic mass is 10.2. The number of likely N-dealkylation sites (N-methyl/N-ethyl adjacent to an activating group) is 1. The summed E-state index contributed by atoms with van der Waals surface area (Å²) in [5.41, 5.74) is 2.05. The topological polar surface area (TPSA) is 66.4 Å². The van der Waals surface area contributed by atoms with E-state index < -0.39 is 0 Å². The van der Waals surface area contributed by atoms with Crippen LogP contribution >= 0.6 is 24.0 Å². The van der Waals surface area contributed by atoms with Gasteiger partial charge in [-0.3, -0.25) is 9.79 Å². The summed E-state index contributed by atoms with van der Waals surface area (Å²) in [6.45, 7) is 4.77. The van der Waals surface area contributed by atoms with E-state index in [4.69, 9.17) is 9.47 Å². The van der Waals surface area contributed by atoms with Crippen LogP contribution in [0.1, 0.15) is 12.0 Å². The molecule has 0 spiro atoms. The number of fused-ring (bicyclic) bond motifs is 1. The molecule has 2 aromatic carbocycles. The number of nitrogens with zero attached hydrogens (tertiary/aromatic N) is 3. The Balaban J connectivity index is 0.00000341. The van der Waals surface area contributed by atoms with E-state index in [2.05, 4.69) is 17.2 Å². The third kappa shape index (κ3) is 7.02. The normalized spacial score (nSPS) is 13.1. The van der Waals surface area contributed by atoms with E-state index in [1.54, 1.807) is 11.9 Å². The van der Waals surface area contributed by atoms with Crippen LogP contribution in [-0.4, -0.2) is 63.7 Å². The number of guanidine groups is 1. The molecule has 168 valence electrons. The Morgan fingerprint density at radius 2 is 1.97 bits per heavy atom. The number of amides is 1. The fraction of sp³-hybridized carbons (Fsp3) is 0.391. The monoisotopic (exact) mass is 538 g/mol. The van der Waals surface area contributed by atoms with Crippen LogP contribution in [0.4, 0.5) is 5.69 Å². The fourth-order valence-electron chi connectivity index (χ4n) is 3.26. The maximum Gasteiger partial charge on any atom is 0.265 e. The molecule has 0 unspecified atom stereocenters. The third-order valence-corrected chi connectivity index (χ3v) is 4.94. The van der Waals surface area contributed by atoms with Crippen molar-refractivity contribution in [2.24, 2.45) is 4.99 Å². The Hall–Kier alpha value is -2.49. The van der Waals surface area contributed by atoms with Crippen LogP contribution in [0.3, 0.4) is 0 Å². The lowest BCUT2D eigenvalue weighted by Crippen LogP contribution is -2.43. The van der Waals surface area contributed by atoms with Gasteiger partial charge in [-0.2, -0.15) is 0 Å². The predicted molar refractivity (Wildman–Crippen MR) is 135 cm³/mol. The second kappa shape index (κ2) is 12.4. The van der Waals surface area contributed by atoms with Crippen molar-refractivity contribution >= 4 is 41.5 Å². The molecule has 0 bridgehead atoms. The molecule has 0 fully saturated rings. The minimum absolute atomic E-state index is 0. The zero-order valence-electron chi connectivity index (χ0n) is 18.3. The number of para-hydroxylation sites is 2. The maximum absolute atomic E-state index is 12.2. The van der Waals surface area contributed by atoms with Crippen molar-refractivity contribution in [2.45, 2.75) is 13.3 Å². The number of nitrogens with one attached hydrogen (secondary N) is 1. The van der Waals surface area contributed by atoms with Gasteiger partial charge in [-0.05, 0) is 37.6 Å². The quantitative estimate of drug-likeness (QED) is 0.242. The average Bonchev–Trinajstić information content (AvgIpc) is 2.76. The number of hydrogen-bond acceptors (Lipinski definition) is 4. The molecule has 1 aliphatic heterocycles. The van der Waals surface area contributed by atoms with Gasteiger partial charge in [-0.1, -0.05) is 29.8 Å². The van der Waals surface area contributed by atoms with Gasteiger partial charge in [0.05, 0.1) is 12.2 Å². The molecule has 1 N–H and O–H groups in total. The van der Waals surface area contributed by atoms with Gasteiger partial charge in [0.15, 0.2) is 12.6 Å². The van der Waals surface area contributed by atoms with E-state index in [0.717, 1.165) is 29.6 Å². The van der Waals surface area contributed by atoms with E-state index in [1.807, 2.05) is 60.5 Å². The maximum atomic E-state index is 12.2. The Kier molecular flexibility index (Phi) is 9.90.